The van der Waals surface area contributed by atoms with E-state index in [1.807, 2.05) is 71.5 Å². The van der Waals surface area contributed by atoms with Crippen molar-refractivity contribution in [1.82, 2.24) is 9.62 Å². The van der Waals surface area contributed by atoms with Crippen LogP contribution < -0.4 is 14.9 Å². The number of carbonyl (C=O) groups is 1. The van der Waals surface area contributed by atoms with Gasteiger partial charge in [0, 0.05) is 53.4 Å². The average molecular weight is 976 g/mol. The van der Waals surface area contributed by atoms with Gasteiger partial charge in [0.15, 0.2) is 0 Å². The summed E-state index contributed by atoms with van der Waals surface area (Å²) >= 11 is 7.47. The maximum absolute atomic E-state index is 14.1. The lowest BCUT2D eigenvalue weighted by atomic mass is 9.84. The number of benzene rings is 5. The van der Waals surface area contributed by atoms with Crippen LogP contribution in [0.25, 0.3) is 11.1 Å². The van der Waals surface area contributed by atoms with E-state index in [0.29, 0.717) is 37.0 Å². The Hall–Kier alpha value is -4.66. The van der Waals surface area contributed by atoms with E-state index in [0.717, 1.165) is 39.4 Å². The Labute approximate surface area is 386 Å². The normalized spacial score (nSPS) is 15.4. The third kappa shape index (κ3) is 12.4. The van der Waals surface area contributed by atoms with Gasteiger partial charge in [-0.2, -0.15) is 13.2 Å². The summed E-state index contributed by atoms with van der Waals surface area (Å²) in [5.74, 6) is -1.12. The third-order valence-electron chi connectivity index (χ3n) is 11.2. The van der Waals surface area contributed by atoms with Crippen molar-refractivity contribution in [3.63, 3.8) is 0 Å². The van der Waals surface area contributed by atoms with Crippen LogP contribution in [0.15, 0.2) is 136 Å². The number of halogens is 4. The van der Waals surface area contributed by atoms with Crippen molar-refractivity contribution >= 4 is 60.5 Å². The van der Waals surface area contributed by atoms with Gasteiger partial charge in [-0.15, -0.1) is 11.8 Å². The number of aliphatic hydroxyl groups excluding tert-OH is 3. The van der Waals surface area contributed by atoms with Gasteiger partial charge in [-0.05, 0) is 116 Å². The van der Waals surface area contributed by atoms with Crippen molar-refractivity contribution in [3.8, 4) is 11.1 Å². The number of nitrogens with zero attached hydrogens (tertiary/aromatic N) is 2. The van der Waals surface area contributed by atoms with Crippen LogP contribution in [-0.4, -0.2) is 99.3 Å². The summed E-state index contributed by atoms with van der Waals surface area (Å²) in [7, 11) is -11.0. The summed E-state index contributed by atoms with van der Waals surface area (Å²) in [6, 6.07) is 31.8. The fourth-order valence-electron chi connectivity index (χ4n) is 7.79. The molecule has 0 aromatic heterocycles. The van der Waals surface area contributed by atoms with Crippen molar-refractivity contribution in [2.24, 2.45) is 5.92 Å². The van der Waals surface area contributed by atoms with Gasteiger partial charge < -0.3 is 25.5 Å². The van der Waals surface area contributed by atoms with Crippen molar-refractivity contribution in [3.05, 3.63) is 137 Å². The van der Waals surface area contributed by atoms with Gasteiger partial charge in [0.25, 0.3) is 25.8 Å². The quantitative estimate of drug-likeness (QED) is 0.0399. The molecule has 6 rings (SSSR count). The lowest BCUT2D eigenvalue weighted by Gasteiger charge is -2.36. The summed E-state index contributed by atoms with van der Waals surface area (Å²) < 4.78 is 97.0. The summed E-state index contributed by atoms with van der Waals surface area (Å²) in [5, 5.41) is 33.9. The number of sulfone groups is 1. The van der Waals surface area contributed by atoms with Crippen LogP contribution in [-0.2, 0) is 19.9 Å². The Morgan fingerprint density at radius 1 is 0.862 bits per heavy atom. The van der Waals surface area contributed by atoms with Crippen molar-refractivity contribution in [2.45, 2.75) is 63.9 Å². The average Bonchev–Trinajstić information content (AvgIpc) is 3.28. The lowest BCUT2D eigenvalue weighted by molar-refractivity contribution is -0.0435. The number of hydrogen-bond donors (Lipinski definition) is 5. The minimum atomic E-state index is -6.12. The zero-order chi connectivity index (χ0) is 46.9. The highest BCUT2D eigenvalue weighted by Crippen LogP contribution is 2.39. The third-order valence-corrected chi connectivity index (χ3v) is 15.6. The van der Waals surface area contributed by atoms with Crippen molar-refractivity contribution < 1.29 is 50.1 Å². The Kier molecular flexibility index (Phi) is 16.7. The maximum Gasteiger partial charge on any atom is 0.501 e. The Morgan fingerprint density at radius 2 is 1.48 bits per heavy atom. The molecule has 0 radical (unpaired) electrons. The van der Waals surface area contributed by atoms with Crippen LogP contribution in [0.3, 0.4) is 0 Å². The molecule has 2 unspecified atom stereocenters. The minimum Gasteiger partial charge on any atom is -0.395 e. The van der Waals surface area contributed by atoms with E-state index in [4.69, 9.17) is 11.6 Å². The standard InChI is InChI=1S/C46H50ClF3N4O8S3/c1-31(29-43(54(25-27-55)26-28-56)63-37-7-3-2-4-8-37)51-41-20-19-38(30-42(41)64(59,60)46(48,49)50)65(61,62)52-45(58)34-13-17-36(18-14-34)53-23-21-33(22-24-53)44(57)40-10-6-5-9-39(40)32-11-15-35(47)16-12-32/h2-20,30-31,33,43-44,51,55-57H,21-29H2,1H3,(H,52,58)/t31?,43-,44?/m1/s1. The molecule has 1 aliphatic heterocycles. The predicted octanol–water partition coefficient (Wildman–Crippen LogP) is 7.96. The Balaban J connectivity index is 1.13. The number of amides is 1. The molecule has 1 amide bonds. The second-order valence-electron chi connectivity index (χ2n) is 15.6. The minimum absolute atomic E-state index is 0.0306. The molecule has 1 heterocycles. The maximum atomic E-state index is 14.1. The van der Waals surface area contributed by atoms with Crippen LogP contribution >= 0.6 is 23.4 Å². The molecule has 3 atom stereocenters. The Bertz CT molecular complexity index is 2600. The highest BCUT2D eigenvalue weighted by atomic mass is 35.5. The monoisotopic (exact) mass is 974 g/mol. The van der Waals surface area contributed by atoms with Crippen molar-refractivity contribution in [1.29, 1.82) is 0 Å². The first-order valence-corrected chi connectivity index (χ1v) is 25.0. The number of sulfonamides is 1. The van der Waals surface area contributed by atoms with Crippen LogP contribution in [0, 0.1) is 5.92 Å². The first kappa shape index (κ1) is 49.8. The fourth-order valence-corrected chi connectivity index (χ4v) is 11.3. The van der Waals surface area contributed by atoms with Gasteiger partial charge in [-0.3, -0.25) is 9.69 Å². The number of rotatable bonds is 19. The molecule has 5 aromatic carbocycles. The number of hydrogen-bond acceptors (Lipinski definition) is 12. The van der Waals surface area contributed by atoms with E-state index in [1.54, 1.807) is 36.1 Å². The molecule has 5 aromatic rings. The molecule has 0 spiro atoms. The SMILES string of the molecule is CC(C[C@@H](Sc1ccccc1)N(CCO)CCO)Nc1ccc(S(=O)(=O)NC(=O)c2ccc(N3CCC(C(O)c4ccccc4-c4ccc(Cl)cc4)CC3)cc2)cc1S(=O)(=O)C(F)(F)F. The van der Waals surface area contributed by atoms with E-state index in [-0.39, 0.29) is 44.2 Å². The van der Waals surface area contributed by atoms with E-state index in [1.165, 1.54) is 23.9 Å². The highest BCUT2D eigenvalue weighted by Gasteiger charge is 2.48. The second kappa shape index (κ2) is 21.8. The van der Waals surface area contributed by atoms with Gasteiger partial charge in [0.05, 0.1) is 35.3 Å². The zero-order valence-electron chi connectivity index (χ0n) is 35.2. The number of alkyl halides is 3. The molecule has 1 aliphatic rings. The molecule has 0 aliphatic carbocycles. The first-order chi connectivity index (χ1) is 30.9. The first-order valence-electron chi connectivity index (χ1n) is 20.8. The second-order valence-corrected chi connectivity index (χ2v) is 20.9. The Morgan fingerprint density at radius 3 is 2.09 bits per heavy atom. The zero-order valence-corrected chi connectivity index (χ0v) is 38.4. The molecule has 65 heavy (non-hydrogen) atoms. The number of nitrogens with one attached hydrogen (secondary N) is 2. The van der Waals surface area contributed by atoms with Gasteiger partial charge in [0.2, 0.25) is 0 Å². The van der Waals surface area contributed by atoms with Crippen molar-refractivity contribution in [2.75, 3.05) is 49.6 Å². The fraction of sp³-hybridized carbons (Fsp3) is 0.326. The van der Waals surface area contributed by atoms with Gasteiger partial charge in [0.1, 0.15) is 4.90 Å². The smallest absolute Gasteiger partial charge is 0.395 e. The number of aliphatic hydroxyl groups is 3. The van der Waals surface area contributed by atoms with Gasteiger partial charge in [-0.25, -0.2) is 21.6 Å². The molecule has 348 valence electrons. The molecule has 0 saturated carbocycles. The summed E-state index contributed by atoms with van der Waals surface area (Å²) in [6.45, 7) is 2.65. The van der Waals surface area contributed by atoms with E-state index < -0.39 is 64.3 Å². The summed E-state index contributed by atoms with van der Waals surface area (Å²) in [4.78, 5) is 15.7. The van der Waals surface area contributed by atoms with Crippen LogP contribution in [0.4, 0.5) is 24.5 Å². The summed E-state index contributed by atoms with van der Waals surface area (Å²) in [5.41, 5.74) is -2.97. The number of piperidine rings is 1. The molecule has 1 saturated heterocycles. The largest absolute Gasteiger partial charge is 0.501 e. The molecular weight excluding hydrogens is 925 g/mol. The molecule has 0 bridgehead atoms. The van der Waals surface area contributed by atoms with Crippen LogP contribution in [0.1, 0.15) is 48.2 Å². The number of thioether (sulfide) groups is 1. The molecule has 1 fully saturated rings. The molecule has 19 heteroatoms. The number of anilines is 2. The molecule has 12 nitrogen and oxygen atoms in total. The lowest BCUT2D eigenvalue weighted by Crippen LogP contribution is -2.40. The van der Waals surface area contributed by atoms with E-state index in [2.05, 4.69) is 10.2 Å². The van der Waals surface area contributed by atoms with Crippen LogP contribution in [0.5, 0.6) is 0 Å². The van der Waals surface area contributed by atoms with Gasteiger partial charge in [-0.1, -0.05) is 66.2 Å². The predicted molar refractivity (Wildman–Crippen MR) is 247 cm³/mol. The molecular formula is C46H50ClF3N4O8S3. The van der Waals surface area contributed by atoms with Crippen LogP contribution in [0.2, 0.25) is 5.02 Å². The summed E-state index contributed by atoms with van der Waals surface area (Å²) in [6.07, 6.45) is 0.796. The van der Waals surface area contributed by atoms with Gasteiger partial charge >= 0.3 is 5.51 Å². The van der Waals surface area contributed by atoms with E-state index in [9.17, 15) is 50.1 Å². The topological polar surface area (TPSA) is 177 Å². The van der Waals surface area contributed by atoms with E-state index >= 15 is 0 Å². The number of carbonyl (C=O) groups excluding carboxylic acids is 1. The highest BCUT2D eigenvalue weighted by molar-refractivity contribution is 7.99. The molecule has 5 N–H and O–H groups in total.